The Labute approximate surface area is 181 Å². The van der Waals surface area contributed by atoms with Crippen molar-refractivity contribution in [1.82, 2.24) is 10.2 Å². The molecule has 2 heterocycles. The van der Waals surface area contributed by atoms with E-state index < -0.39 is 0 Å². The van der Waals surface area contributed by atoms with Crippen LogP contribution < -0.4 is 15.5 Å². The molecule has 1 aliphatic rings. The van der Waals surface area contributed by atoms with Crippen LogP contribution in [0.15, 0.2) is 35.0 Å². The average molecular weight is 437 g/mol. The number of nitrogens with zero attached hydrogens (tertiary/aromatic N) is 2. The molecule has 0 spiro atoms. The highest BCUT2D eigenvalue weighted by atomic mass is 35.5. The molecule has 6 nitrogen and oxygen atoms in total. The van der Waals surface area contributed by atoms with Crippen molar-refractivity contribution in [2.75, 3.05) is 56.2 Å². The van der Waals surface area contributed by atoms with E-state index in [1.165, 1.54) is 5.56 Å². The number of morpholine rings is 1. The first-order chi connectivity index (χ1) is 14.1. The molecular formula is C21H29ClN4O2S. The summed E-state index contributed by atoms with van der Waals surface area (Å²) in [5, 5.41) is 10.9. The number of hydrogen-bond donors (Lipinski definition) is 2. The molecule has 1 fully saturated rings. The molecule has 0 bridgehead atoms. The number of carbonyl (C=O) groups is 1. The number of carbonyl (C=O) groups excluding carboxylic acids is 1. The van der Waals surface area contributed by atoms with Crippen LogP contribution in [0, 0.1) is 0 Å². The minimum atomic E-state index is -0.228. The van der Waals surface area contributed by atoms with Gasteiger partial charge in [0.2, 0.25) is 0 Å². The largest absolute Gasteiger partial charge is 0.378 e. The standard InChI is InChI=1S/C21H29ClN4O2S/c1-3-25(4-2)20(16-7-12-29-15-16)14-23-21(27)24-18-13-17(22)5-6-19(18)26-8-10-28-11-9-26/h5-7,12-13,15,20H,3-4,8-11,14H2,1-2H3,(H2,23,24,27)/t20-/m1/s1. The minimum Gasteiger partial charge on any atom is -0.378 e. The second-order valence-corrected chi connectivity index (χ2v) is 8.11. The van der Waals surface area contributed by atoms with Crippen molar-refractivity contribution in [3.63, 3.8) is 0 Å². The Morgan fingerprint density at radius 3 is 2.69 bits per heavy atom. The van der Waals surface area contributed by atoms with E-state index in [0.717, 1.165) is 31.9 Å². The van der Waals surface area contributed by atoms with E-state index in [-0.39, 0.29) is 12.1 Å². The van der Waals surface area contributed by atoms with E-state index in [2.05, 4.69) is 51.1 Å². The normalized spacial score (nSPS) is 15.4. The highest BCUT2D eigenvalue weighted by molar-refractivity contribution is 7.08. The van der Waals surface area contributed by atoms with Gasteiger partial charge in [0.25, 0.3) is 0 Å². The monoisotopic (exact) mass is 436 g/mol. The molecule has 1 aliphatic heterocycles. The van der Waals surface area contributed by atoms with Gasteiger partial charge in [0, 0.05) is 24.7 Å². The Morgan fingerprint density at radius 2 is 2.03 bits per heavy atom. The summed E-state index contributed by atoms with van der Waals surface area (Å²) in [6, 6.07) is 7.65. The zero-order valence-electron chi connectivity index (χ0n) is 17.0. The maximum Gasteiger partial charge on any atom is 0.319 e. The minimum absolute atomic E-state index is 0.153. The number of benzene rings is 1. The van der Waals surface area contributed by atoms with Crippen LogP contribution in [0.25, 0.3) is 0 Å². The van der Waals surface area contributed by atoms with Gasteiger partial charge in [0.15, 0.2) is 0 Å². The number of thiophene rings is 1. The maximum atomic E-state index is 12.7. The van der Waals surface area contributed by atoms with Crippen molar-refractivity contribution in [2.24, 2.45) is 0 Å². The summed E-state index contributed by atoms with van der Waals surface area (Å²) in [6.45, 7) is 9.62. The van der Waals surface area contributed by atoms with Gasteiger partial charge in [-0.25, -0.2) is 4.79 Å². The number of amides is 2. The van der Waals surface area contributed by atoms with Crippen molar-refractivity contribution < 1.29 is 9.53 Å². The predicted molar refractivity (Wildman–Crippen MR) is 121 cm³/mol. The van der Waals surface area contributed by atoms with Gasteiger partial charge in [-0.1, -0.05) is 25.4 Å². The fraction of sp³-hybridized carbons (Fsp3) is 0.476. The number of ether oxygens (including phenoxy) is 1. The molecule has 0 aliphatic carbocycles. The molecule has 2 aromatic rings. The lowest BCUT2D eigenvalue weighted by Gasteiger charge is -2.31. The molecule has 2 N–H and O–H groups in total. The third kappa shape index (κ3) is 5.85. The fourth-order valence-corrected chi connectivity index (χ4v) is 4.51. The Kier molecular flexibility index (Phi) is 8.18. The topological polar surface area (TPSA) is 56.8 Å². The van der Waals surface area contributed by atoms with Gasteiger partial charge in [0.1, 0.15) is 0 Å². The molecule has 8 heteroatoms. The molecule has 1 aromatic carbocycles. The van der Waals surface area contributed by atoms with Gasteiger partial charge in [-0.15, -0.1) is 0 Å². The molecule has 0 radical (unpaired) electrons. The van der Waals surface area contributed by atoms with Crippen LogP contribution in [0.4, 0.5) is 16.2 Å². The highest BCUT2D eigenvalue weighted by Gasteiger charge is 2.20. The van der Waals surface area contributed by atoms with Crippen molar-refractivity contribution in [2.45, 2.75) is 19.9 Å². The predicted octanol–water partition coefficient (Wildman–Crippen LogP) is 4.44. The van der Waals surface area contributed by atoms with Gasteiger partial charge in [0.05, 0.1) is 30.6 Å². The molecule has 1 saturated heterocycles. The maximum absolute atomic E-state index is 12.7. The lowest BCUT2D eigenvalue weighted by atomic mass is 10.1. The summed E-state index contributed by atoms with van der Waals surface area (Å²) in [5.41, 5.74) is 2.91. The van der Waals surface area contributed by atoms with Crippen molar-refractivity contribution in [1.29, 1.82) is 0 Å². The molecular weight excluding hydrogens is 408 g/mol. The van der Waals surface area contributed by atoms with E-state index in [4.69, 9.17) is 16.3 Å². The smallest absolute Gasteiger partial charge is 0.319 e. The second kappa shape index (κ2) is 10.8. The van der Waals surface area contributed by atoms with Crippen LogP contribution in [0.2, 0.25) is 5.02 Å². The first-order valence-electron chi connectivity index (χ1n) is 10.1. The number of anilines is 2. The van der Waals surface area contributed by atoms with E-state index in [9.17, 15) is 4.79 Å². The van der Waals surface area contributed by atoms with E-state index in [1.807, 2.05) is 12.1 Å². The Balaban J connectivity index is 1.67. The quantitative estimate of drug-likeness (QED) is 0.642. The van der Waals surface area contributed by atoms with E-state index in [0.29, 0.717) is 30.5 Å². The molecule has 2 amide bonds. The lowest BCUT2D eigenvalue weighted by Crippen LogP contribution is -2.40. The number of urea groups is 1. The summed E-state index contributed by atoms with van der Waals surface area (Å²) in [4.78, 5) is 17.3. The molecule has 0 unspecified atom stereocenters. The third-order valence-corrected chi connectivity index (χ3v) is 6.13. The fourth-order valence-electron chi connectivity index (χ4n) is 3.63. The summed E-state index contributed by atoms with van der Waals surface area (Å²) in [6.07, 6.45) is 0. The van der Waals surface area contributed by atoms with Crippen LogP contribution in [-0.2, 0) is 4.74 Å². The van der Waals surface area contributed by atoms with Gasteiger partial charge in [-0.05, 0) is 53.7 Å². The van der Waals surface area contributed by atoms with Crippen LogP contribution in [0.1, 0.15) is 25.5 Å². The van der Waals surface area contributed by atoms with Gasteiger partial charge < -0.3 is 20.3 Å². The van der Waals surface area contributed by atoms with Crippen LogP contribution in [-0.4, -0.2) is 56.9 Å². The molecule has 3 rings (SSSR count). The highest BCUT2D eigenvalue weighted by Crippen LogP contribution is 2.30. The number of hydrogen-bond acceptors (Lipinski definition) is 5. The third-order valence-electron chi connectivity index (χ3n) is 5.20. The number of halogens is 1. The van der Waals surface area contributed by atoms with E-state index >= 15 is 0 Å². The van der Waals surface area contributed by atoms with Crippen LogP contribution >= 0.6 is 22.9 Å². The summed E-state index contributed by atoms with van der Waals surface area (Å²) >= 11 is 7.87. The van der Waals surface area contributed by atoms with E-state index in [1.54, 1.807) is 17.4 Å². The molecule has 158 valence electrons. The van der Waals surface area contributed by atoms with Crippen LogP contribution in [0.3, 0.4) is 0 Å². The lowest BCUT2D eigenvalue weighted by molar-refractivity contribution is 0.123. The molecule has 1 atom stereocenters. The SMILES string of the molecule is CCN(CC)[C@H](CNC(=O)Nc1cc(Cl)ccc1N1CCOCC1)c1ccsc1. The number of rotatable bonds is 8. The Hall–Kier alpha value is -1.80. The first kappa shape index (κ1) is 21.9. The zero-order valence-corrected chi connectivity index (χ0v) is 18.6. The van der Waals surface area contributed by atoms with Gasteiger partial charge in [-0.3, -0.25) is 4.90 Å². The molecule has 1 aromatic heterocycles. The number of nitrogens with one attached hydrogen (secondary N) is 2. The zero-order chi connectivity index (χ0) is 20.6. The Bertz CT molecular complexity index is 777. The first-order valence-corrected chi connectivity index (χ1v) is 11.4. The summed E-state index contributed by atoms with van der Waals surface area (Å²) < 4.78 is 5.44. The van der Waals surface area contributed by atoms with Crippen molar-refractivity contribution >= 4 is 40.3 Å². The van der Waals surface area contributed by atoms with Gasteiger partial charge >= 0.3 is 6.03 Å². The van der Waals surface area contributed by atoms with Gasteiger partial charge in [-0.2, -0.15) is 11.3 Å². The Morgan fingerprint density at radius 1 is 1.28 bits per heavy atom. The molecule has 0 saturated carbocycles. The average Bonchev–Trinajstić information content (AvgIpc) is 3.26. The van der Waals surface area contributed by atoms with Crippen molar-refractivity contribution in [3.8, 4) is 0 Å². The summed E-state index contributed by atoms with van der Waals surface area (Å²) in [5.74, 6) is 0. The second-order valence-electron chi connectivity index (χ2n) is 6.89. The van der Waals surface area contributed by atoms with Crippen LogP contribution in [0.5, 0.6) is 0 Å². The molecule has 29 heavy (non-hydrogen) atoms. The number of likely N-dealkylation sites (N-methyl/N-ethyl adjacent to an activating group) is 1. The van der Waals surface area contributed by atoms with Crippen molar-refractivity contribution in [3.05, 3.63) is 45.6 Å². The summed E-state index contributed by atoms with van der Waals surface area (Å²) in [7, 11) is 0.